The molecule has 26 heavy (non-hydrogen) atoms. The number of carbonyl (C=O) groups excluding carboxylic acids is 1. The van der Waals surface area contributed by atoms with Gasteiger partial charge in [-0.25, -0.2) is 4.98 Å². The summed E-state index contributed by atoms with van der Waals surface area (Å²) < 4.78 is 40.4. The molecule has 2 rings (SSSR count). The highest BCUT2D eigenvalue weighted by atomic mass is 19.4. The average Bonchev–Trinajstić information content (AvgIpc) is 2.53. The second-order valence-corrected chi connectivity index (χ2v) is 5.92. The van der Waals surface area contributed by atoms with Crippen LogP contribution in [0.5, 0.6) is 5.75 Å². The van der Waals surface area contributed by atoms with E-state index in [1.807, 2.05) is 19.9 Å². The van der Waals surface area contributed by atoms with Crippen LogP contribution in [0, 0.1) is 6.92 Å². The van der Waals surface area contributed by atoms with Gasteiger partial charge < -0.3 is 10.1 Å². The lowest BCUT2D eigenvalue weighted by Gasteiger charge is -2.24. The van der Waals surface area contributed by atoms with E-state index < -0.39 is 6.36 Å². The quantitative estimate of drug-likeness (QED) is 0.841. The van der Waals surface area contributed by atoms with Crippen molar-refractivity contribution in [2.24, 2.45) is 0 Å². The second kappa shape index (κ2) is 8.18. The first-order valence-corrected chi connectivity index (χ1v) is 7.93. The summed E-state index contributed by atoms with van der Waals surface area (Å²) in [6.07, 6.45) is -4.72. The number of alkyl halides is 3. The lowest BCUT2D eigenvalue weighted by Crippen LogP contribution is -2.32. The second-order valence-electron chi connectivity index (χ2n) is 5.92. The number of ether oxygens (including phenoxy) is 1. The Morgan fingerprint density at radius 1 is 1.23 bits per heavy atom. The molecule has 0 bridgehead atoms. The van der Waals surface area contributed by atoms with Crippen molar-refractivity contribution in [2.75, 3.05) is 18.9 Å². The Labute approximate surface area is 149 Å². The smallest absolute Gasteiger partial charge is 0.406 e. The molecule has 1 atom stereocenters. The van der Waals surface area contributed by atoms with Crippen molar-refractivity contribution in [3.63, 3.8) is 0 Å². The van der Waals surface area contributed by atoms with Gasteiger partial charge >= 0.3 is 6.36 Å². The zero-order valence-corrected chi connectivity index (χ0v) is 14.7. The minimum atomic E-state index is -4.72. The fraction of sp³-hybridized carbons (Fsp3) is 0.333. The number of benzene rings is 1. The number of aryl methyl sites for hydroxylation is 1. The van der Waals surface area contributed by atoms with Crippen molar-refractivity contribution in [1.82, 2.24) is 9.88 Å². The molecule has 0 radical (unpaired) electrons. The molecule has 140 valence electrons. The van der Waals surface area contributed by atoms with E-state index in [0.29, 0.717) is 5.82 Å². The summed E-state index contributed by atoms with van der Waals surface area (Å²) in [7, 11) is 1.76. The van der Waals surface area contributed by atoms with Gasteiger partial charge in [0.15, 0.2) is 0 Å². The minimum Gasteiger partial charge on any atom is -0.406 e. The van der Waals surface area contributed by atoms with Gasteiger partial charge in [0.2, 0.25) is 5.91 Å². The number of pyridine rings is 1. The number of amides is 1. The van der Waals surface area contributed by atoms with Crippen molar-refractivity contribution in [2.45, 2.75) is 26.3 Å². The molecule has 2 aromatic rings. The first-order valence-electron chi connectivity index (χ1n) is 7.93. The van der Waals surface area contributed by atoms with Crippen molar-refractivity contribution >= 4 is 11.7 Å². The van der Waals surface area contributed by atoms with Crippen LogP contribution in [0.4, 0.5) is 19.0 Å². The number of nitrogens with one attached hydrogen (secondary N) is 1. The third-order valence-corrected chi connectivity index (χ3v) is 3.81. The fourth-order valence-corrected chi connectivity index (χ4v) is 2.36. The highest BCUT2D eigenvalue weighted by molar-refractivity contribution is 5.91. The molecular weight excluding hydrogens is 347 g/mol. The number of nitrogens with zero attached hydrogens (tertiary/aromatic N) is 2. The molecule has 0 saturated carbocycles. The SMILES string of the molecule is Cc1cccc(NC(=O)CN(C)C(C)c2ccc(OC(F)(F)F)cc2)n1. The molecule has 5 nitrogen and oxygen atoms in total. The summed E-state index contributed by atoms with van der Waals surface area (Å²) in [6, 6.07) is 10.8. The van der Waals surface area contributed by atoms with E-state index in [1.54, 1.807) is 36.2 Å². The van der Waals surface area contributed by atoms with E-state index >= 15 is 0 Å². The molecule has 0 fully saturated rings. The largest absolute Gasteiger partial charge is 0.573 e. The maximum absolute atomic E-state index is 12.2. The number of halogens is 3. The fourth-order valence-electron chi connectivity index (χ4n) is 2.36. The topological polar surface area (TPSA) is 54.5 Å². The lowest BCUT2D eigenvalue weighted by atomic mass is 10.1. The lowest BCUT2D eigenvalue weighted by molar-refractivity contribution is -0.274. The Kier molecular flexibility index (Phi) is 6.20. The number of rotatable bonds is 6. The maximum atomic E-state index is 12.2. The summed E-state index contributed by atoms with van der Waals surface area (Å²) in [5.41, 5.74) is 1.56. The van der Waals surface area contributed by atoms with Crippen molar-refractivity contribution in [3.8, 4) is 5.75 Å². The molecule has 1 unspecified atom stereocenters. The molecule has 1 aromatic heterocycles. The predicted molar refractivity (Wildman–Crippen MR) is 91.8 cm³/mol. The summed E-state index contributed by atoms with van der Waals surface area (Å²) in [4.78, 5) is 18.1. The first kappa shape index (κ1) is 19.7. The van der Waals surface area contributed by atoms with Crippen molar-refractivity contribution in [3.05, 3.63) is 53.7 Å². The molecule has 0 saturated heterocycles. The van der Waals surface area contributed by atoms with Crippen molar-refractivity contribution < 1.29 is 22.7 Å². The van der Waals surface area contributed by atoms with Crippen LogP contribution in [0.3, 0.4) is 0 Å². The van der Waals surface area contributed by atoms with E-state index in [0.717, 1.165) is 11.3 Å². The Bertz CT molecular complexity index is 748. The monoisotopic (exact) mass is 367 g/mol. The molecular formula is C18H20F3N3O2. The zero-order valence-electron chi connectivity index (χ0n) is 14.7. The number of hydrogen-bond acceptors (Lipinski definition) is 4. The molecule has 1 amide bonds. The number of aromatic nitrogens is 1. The molecule has 1 aromatic carbocycles. The maximum Gasteiger partial charge on any atom is 0.573 e. The van der Waals surface area contributed by atoms with Gasteiger partial charge in [0.1, 0.15) is 11.6 Å². The minimum absolute atomic E-state index is 0.109. The van der Waals surface area contributed by atoms with Crippen LogP contribution in [-0.2, 0) is 4.79 Å². The Hall–Kier alpha value is -2.61. The number of likely N-dealkylation sites (N-methyl/N-ethyl adjacent to an activating group) is 1. The molecule has 8 heteroatoms. The van der Waals surface area contributed by atoms with Crippen LogP contribution in [0.2, 0.25) is 0 Å². The van der Waals surface area contributed by atoms with Gasteiger partial charge in [-0.3, -0.25) is 9.69 Å². The van der Waals surface area contributed by atoms with Crippen LogP contribution in [0.15, 0.2) is 42.5 Å². The number of anilines is 1. The van der Waals surface area contributed by atoms with E-state index in [-0.39, 0.29) is 24.2 Å². The molecule has 0 aliphatic rings. The normalized spacial score (nSPS) is 12.7. The van der Waals surface area contributed by atoms with Gasteiger partial charge in [-0.15, -0.1) is 13.2 Å². The summed E-state index contributed by atoms with van der Waals surface area (Å²) in [5, 5.41) is 2.72. The van der Waals surface area contributed by atoms with E-state index in [2.05, 4.69) is 15.0 Å². The van der Waals surface area contributed by atoms with E-state index in [1.165, 1.54) is 12.1 Å². The Balaban J connectivity index is 1.94. The Morgan fingerprint density at radius 3 is 2.46 bits per heavy atom. The summed E-state index contributed by atoms with van der Waals surface area (Å²) >= 11 is 0. The average molecular weight is 367 g/mol. The van der Waals surface area contributed by atoms with Crippen LogP contribution < -0.4 is 10.1 Å². The number of carbonyl (C=O) groups is 1. The third-order valence-electron chi connectivity index (χ3n) is 3.81. The molecule has 1 N–H and O–H groups in total. The first-order chi connectivity index (χ1) is 12.1. The van der Waals surface area contributed by atoms with Crippen LogP contribution in [0.25, 0.3) is 0 Å². The van der Waals surface area contributed by atoms with Gasteiger partial charge in [-0.05, 0) is 50.7 Å². The predicted octanol–water partition coefficient (Wildman–Crippen LogP) is 3.92. The molecule has 1 heterocycles. The summed E-state index contributed by atoms with van der Waals surface area (Å²) in [5.74, 6) is -0.0291. The standard InChI is InChI=1S/C18H20F3N3O2/c1-12-5-4-6-16(22-12)23-17(25)11-24(3)13(2)14-7-9-15(10-8-14)26-18(19,20)21/h4-10,13H,11H2,1-3H3,(H,22,23,25). The Morgan fingerprint density at radius 2 is 1.88 bits per heavy atom. The van der Waals surface area contributed by atoms with E-state index in [4.69, 9.17) is 0 Å². The van der Waals surface area contributed by atoms with Crippen LogP contribution in [0.1, 0.15) is 24.2 Å². The van der Waals surface area contributed by atoms with Crippen LogP contribution >= 0.6 is 0 Å². The number of hydrogen-bond donors (Lipinski definition) is 1. The van der Waals surface area contributed by atoms with Crippen LogP contribution in [-0.4, -0.2) is 35.7 Å². The van der Waals surface area contributed by atoms with Gasteiger partial charge in [0, 0.05) is 11.7 Å². The highest BCUT2D eigenvalue weighted by Crippen LogP contribution is 2.25. The van der Waals surface area contributed by atoms with Gasteiger partial charge in [-0.1, -0.05) is 18.2 Å². The van der Waals surface area contributed by atoms with E-state index in [9.17, 15) is 18.0 Å². The van der Waals surface area contributed by atoms with Gasteiger partial charge in [0.25, 0.3) is 0 Å². The van der Waals surface area contributed by atoms with Gasteiger partial charge in [-0.2, -0.15) is 0 Å². The van der Waals surface area contributed by atoms with Gasteiger partial charge in [0.05, 0.1) is 6.54 Å². The molecule has 0 aliphatic carbocycles. The molecule has 0 spiro atoms. The highest BCUT2D eigenvalue weighted by Gasteiger charge is 2.31. The summed E-state index contributed by atoms with van der Waals surface area (Å²) in [6.45, 7) is 3.80. The van der Waals surface area contributed by atoms with Crippen molar-refractivity contribution in [1.29, 1.82) is 0 Å². The third kappa shape index (κ3) is 6.03. The molecule has 0 aliphatic heterocycles. The zero-order chi connectivity index (χ0) is 19.3.